The van der Waals surface area contributed by atoms with Gasteiger partial charge in [-0.15, -0.1) is 0 Å². The predicted molar refractivity (Wildman–Crippen MR) is 79.6 cm³/mol. The van der Waals surface area contributed by atoms with Gasteiger partial charge in [-0.05, 0) is 19.3 Å². The fourth-order valence-corrected chi connectivity index (χ4v) is 1.79. The molecule has 0 amide bonds. The van der Waals surface area contributed by atoms with E-state index in [1.807, 2.05) is 6.92 Å². The second kappa shape index (κ2) is 8.17. The Morgan fingerprint density at radius 1 is 1.37 bits per heavy atom. The second-order valence-corrected chi connectivity index (χ2v) is 5.13. The lowest BCUT2D eigenvalue weighted by atomic mass is 10.1. The van der Waals surface area contributed by atoms with Gasteiger partial charge >= 0.3 is 0 Å². The van der Waals surface area contributed by atoms with Gasteiger partial charge in [0, 0.05) is 26.2 Å². The first kappa shape index (κ1) is 16.0. The quantitative estimate of drug-likeness (QED) is 0.568. The first-order chi connectivity index (χ1) is 9.04. The summed E-state index contributed by atoms with van der Waals surface area (Å²) in [5, 5.41) is 3.50. The number of rotatable bonds is 8. The zero-order valence-electron chi connectivity index (χ0n) is 11.9. The van der Waals surface area contributed by atoms with Crippen LogP contribution in [0, 0.1) is 5.92 Å². The molecule has 1 rings (SSSR count). The standard InChI is InChI=1S/C13H23ClN4O/c1-4-19-7-5-6-16-13-11(15)12(14)17-10(18-13)8-9(2)3/h9H,4-8,15H2,1-3H3,(H,16,17,18). The normalized spacial score (nSPS) is 11.0. The van der Waals surface area contributed by atoms with Crippen LogP contribution in [0.5, 0.6) is 0 Å². The number of nitrogens with zero attached hydrogens (tertiary/aromatic N) is 2. The number of hydrogen-bond donors (Lipinski definition) is 2. The van der Waals surface area contributed by atoms with Crippen molar-refractivity contribution in [2.24, 2.45) is 5.92 Å². The van der Waals surface area contributed by atoms with E-state index in [4.69, 9.17) is 22.1 Å². The molecule has 1 aromatic rings. The number of aromatic nitrogens is 2. The molecule has 0 aliphatic rings. The highest BCUT2D eigenvalue weighted by Gasteiger charge is 2.10. The molecule has 0 saturated carbocycles. The Morgan fingerprint density at radius 2 is 2.11 bits per heavy atom. The first-order valence-electron chi connectivity index (χ1n) is 6.68. The Labute approximate surface area is 119 Å². The lowest BCUT2D eigenvalue weighted by molar-refractivity contribution is 0.147. The second-order valence-electron chi connectivity index (χ2n) is 4.77. The molecule has 19 heavy (non-hydrogen) atoms. The Morgan fingerprint density at radius 3 is 2.74 bits per heavy atom. The molecule has 0 unspecified atom stereocenters. The van der Waals surface area contributed by atoms with Gasteiger partial charge in [0.05, 0.1) is 0 Å². The monoisotopic (exact) mass is 286 g/mol. The van der Waals surface area contributed by atoms with Gasteiger partial charge in [0.15, 0.2) is 11.0 Å². The maximum Gasteiger partial charge on any atom is 0.157 e. The average Bonchev–Trinajstić information content (AvgIpc) is 2.34. The van der Waals surface area contributed by atoms with Crippen LogP contribution in [-0.4, -0.2) is 29.7 Å². The van der Waals surface area contributed by atoms with Crippen molar-refractivity contribution in [3.05, 3.63) is 11.0 Å². The third kappa shape index (κ3) is 5.61. The SMILES string of the molecule is CCOCCCNc1nc(CC(C)C)nc(Cl)c1N. The highest BCUT2D eigenvalue weighted by Crippen LogP contribution is 2.24. The highest BCUT2D eigenvalue weighted by atomic mass is 35.5. The molecule has 1 heterocycles. The topological polar surface area (TPSA) is 73.1 Å². The van der Waals surface area contributed by atoms with Crippen LogP contribution in [0.15, 0.2) is 0 Å². The minimum absolute atomic E-state index is 0.318. The van der Waals surface area contributed by atoms with E-state index in [0.29, 0.717) is 22.6 Å². The molecular weight excluding hydrogens is 264 g/mol. The van der Waals surface area contributed by atoms with Crippen LogP contribution >= 0.6 is 11.6 Å². The van der Waals surface area contributed by atoms with Crippen LogP contribution in [-0.2, 0) is 11.2 Å². The van der Waals surface area contributed by atoms with E-state index in [9.17, 15) is 0 Å². The largest absolute Gasteiger partial charge is 0.393 e. The maximum absolute atomic E-state index is 6.02. The molecule has 0 aliphatic carbocycles. The molecule has 0 aromatic carbocycles. The predicted octanol–water partition coefficient (Wildman–Crippen LogP) is 2.75. The molecule has 1 aromatic heterocycles. The fourth-order valence-electron chi connectivity index (χ4n) is 1.60. The number of hydrogen-bond acceptors (Lipinski definition) is 5. The molecule has 0 fully saturated rings. The van der Waals surface area contributed by atoms with Crippen LogP contribution in [0.3, 0.4) is 0 Å². The molecule has 108 valence electrons. The minimum atomic E-state index is 0.318. The number of nitrogens with two attached hydrogens (primary N) is 1. The molecule has 0 aliphatic heterocycles. The van der Waals surface area contributed by atoms with Gasteiger partial charge < -0.3 is 15.8 Å². The van der Waals surface area contributed by atoms with E-state index in [0.717, 1.165) is 38.4 Å². The van der Waals surface area contributed by atoms with E-state index < -0.39 is 0 Å². The summed E-state index contributed by atoms with van der Waals surface area (Å²) in [6, 6.07) is 0. The van der Waals surface area contributed by atoms with Crippen molar-refractivity contribution >= 4 is 23.1 Å². The van der Waals surface area contributed by atoms with Gasteiger partial charge in [-0.2, -0.15) is 0 Å². The average molecular weight is 287 g/mol. The van der Waals surface area contributed by atoms with Crippen molar-refractivity contribution < 1.29 is 4.74 Å². The summed E-state index contributed by atoms with van der Waals surface area (Å²) in [5.74, 6) is 1.82. The number of ether oxygens (including phenoxy) is 1. The summed E-state index contributed by atoms with van der Waals surface area (Å²) in [5.41, 5.74) is 6.28. The first-order valence-corrected chi connectivity index (χ1v) is 7.05. The van der Waals surface area contributed by atoms with Gasteiger partial charge in [-0.1, -0.05) is 25.4 Å². The number of nitrogen functional groups attached to an aromatic ring is 1. The molecule has 5 nitrogen and oxygen atoms in total. The zero-order chi connectivity index (χ0) is 14.3. The van der Waals surface area contributed by atoms with Crippen LogP contribution in [0.4, 0.5) is 11.5 Å². The molecule has 6 heteroatoms. The summed E-state index contributed by atoms with van der Waals surface area (Å²) in [6.45, 7) is 8.42. The van der Waals surface area contributed by atoms with E-state index in [1.165, 1.54) is 0 Å². The molecular formula is C13H23ClN4O. The minimum Gasteiger partial charge on any atom is -0.393 e. The van der Waals surface area contributed by atoms with Gasteiger partial charge in [-0.25, -0.2) is 9.97 Å². The van der Waals surface area contributed by atoms with Crippen LogP contribution < -0.4 is 11.1 Å². The highest BCUT2D eigenvalue weighted by molar-refractivity contribution is 6.32. The number of nitrogens with one attached hydrogen (secondary N) is 1. The molecule has 0 atom stereocenters. The van der Waals surface area contributed by atoms with Gasteiger partial charge in [-0.3, -0.25) is 0 Å². The smallest absolute Gasteiger partial charge is 0.157 e. The molecule has 0 bridgehead atoms. The van der Waals surface area contributed by atoms with E-state index in [2.05, 4.69) is 29.1 Å². The number of anilines is 2. The molecule has 0 saturated heterocycles. The summed E-state index contributed by atoms with van der Waals surface area (Å²) >= 11 is 6.02. The van der Waals surface area contributed by atoms with Crippen LogP contribution in [0.1, 0.15) is 33.0 Å². The van der Waals surface area contributed by atoms with Crippen molar-refractivity contribution in [3.63, 3.8) is 0 Å². The van der Waals surface area contributed by atoms with Crippen molar-refractivity contribution in [2.45, 2.75) is 33.6 Å². The lowest BCUT2D eigenvalue weighted by Gasteiger charge is -2.12. The van der Waals surface area contributed by atoms with Gasteiger partial charge in [0.25, 0.3) is 0 Å². The lowest BCUT2D eigenvalue weighted by Crippen LogP contribution is -2.12. The molecule has 3 N–H and O–H groups in total. The third-order valence-corrected chi connectivity index (χ3v) is 2.79. The Kier molecular flexibility index (Phi) is 6.87. The van der Waals surface area contributed by atoms with Crippen LogP contribution in [0.2, 0.25) is 5.15 Å². The summed E-state index contributed by atoms with van der Waals surface area (Å²) in [4.78, 5) is 8.61. The zero-order valence-corrected chi connectivity index (χ0v) is 12.6. The van der Waals surface area contributed by atoms with E-state index >= 15 is 0 Å². The summed E-state index contributed by atoms with van der Waals surface area (Å²) < 4.78 is 5.27. The number of halogens is 1. The van der Waals surface area contributed by atoms with Crippen molar-refractivity contribution in [1.82, 2.24) is 9.97 Å². The van der Waals surface area contributed by atoms with E-state index in [-0.39, 0.29) is 0 Å². The maximum atomic E-state index is 6.02. The fraction of sp³-hybridized carbons (Fsp3) is 0.692. The Balaban J connectivity index is 2.62. The third-order valence-electron chi connectivity index (χ3n) is 2.50. The van der Waals surface area contributed by atoms with Crippen molar-refractivity contribution in [2.75, 3.05) is 30.8 Å². The van der Waals surface area contributed by atoms with Crippen molar-refractivity contribution in [3.8, 4) is 0 Å². The molecule has 0 radical (unpaired) electrons. The van der Waals surface area contributed by atoms with E-state index in [1.54, 1.807) is 0 Å². The molecule has 0 spiro atoms. The van der Waals surface area contributed by atoms with Crippen LogP contribution in [0.25, 0.3) is 0 Å². The Hall–Kier alpha value is -1.07. The summed E-state index contributed by atoms with van der Waals surface area (Å²) in [6.07, 6.45) is 1.68. The summed E-state index contributed by atoms with van der Waals surface area (Å²) in [7, 11) is 0. The Bertz CT molecular complexity index is 398. The van der Waals surface area contributed by atoms with Crippen molar-refractivity contribution in [1.29, 1.82) is 0 Å². The van der Waals surface area contributed by atoms with Gasteiger partial charge in [0.2, 0.25) is 0 Å². The van der Waals surface area contributed by atoms with Gasteiger partial charge in [0.1, 0.15) is 11.5 Å².